The summed E-state index contributed by atoms with van der Waals surface area (Å²) < 4.78 is 24.5. The van der Waals surface area contributed by atoms with Gasteiger partial charge in [0.1, 0.15) is 0 Å². The van der Waals surface area contributed by atoms with Crippen molar-refractivity contribution >= 4 is 9.84 Å². The summed E-state index contributed by atoms with van der Waals surface area (Å²) in [6.07, 6.45) is 3.46. The van der Waals surface area contributed by atoms with Gasteiger partial charge in [-0.3, -0.25) is 0 Å². The summed E-state index contributed by atoms with van der Waals surface area (Å²) in [5.41, 5.74) is 0.626. The Bertz CT molecular complexity index is 393. The number of nitrogens with zero attached hydrogens (tertiary/aromatic N) is 2. The Balaban J connectivity index is 2.79. The van der Waals surface area contributed by atoms with E-state index in [0.29, 0.717) is 11.7 Å². The highest BCUT2D eigenvalue weighted by atomic mass is 32.2. The van der Waals surface area contributed by atoms with Crippen molar-refractivity contribution in [3.8, 4) is 0 Å². The molecule has 0 fully saturated rings. The SMILES string of the molecule is CCS(=O)(=O)Cc1cn(C(C)C)cn1. The van der Waals surface area contributed by atoms with Gasteiger partial charge in [-0.25, -0.2) is 13.4 Å². The zero-order valence-electron chi connectivity index (χ0n) is 8.77. The molecule has 0 aliphatic heterocycles. The normalized spacial score (nSPS) is 12.3. The predicted octanol–water partition coefficient (Wildman–Crippen LogP) is 1.40. The fourth-order valence-electron chi connectivity index (χ4n) is 1.06. The van der Waals surface area contributed by atoms with Crippen molar-refractivity contribution in [2.75, 3.05) is 5.75 Å². The van der Waals surface area contributed by atoms with Gasteiger partial charge in [0.25, 0.3) is 0 Å². The van der Waals surface area contributed by atoms with Crippen molar-refractivity contribution in [3.05, 3.63) is 18.2 Å². The molecule has 0 atom stereocenters. The molecule has 0 radical (unpaired) electrons. The third-order valence-electron chi connectivity index (χ3n) is 2.06. The summed E-state index contributed by atoms with van der Waals surface area (Å²) >= 11 is 0. The van der Waals surface area contributed by atoms with Crippen molar-refractivity contribution in [2.45, 2.75) is 32.6 Å². The van der Waals surface area contributed by atoms with Crippen LogP contribution in [0.25, 0.3) is 0 Å². The molecule has 0 amide bonds. The molecular formula is C9H16N2O2S. The van der Waals surface area contributed by atoms with Crippen LogP contribution in [0.4, 0.5) is 0 Å². The Morgan fingerprint density at radius 3 is 2.57 bits per heavy atom. The van der Waals surface area contributed by atoms with Crippen LogP contribution in [0.1, 0.15) is 32.5 Å². The molecule has 0 N–H and O–H groups in total. The second-order valence-electron chi connectivity index (χ2n) is 3.58. The first-order chi connectivity index (χ1) is 6.44. The zero-order chi connectivity index (χ0) is 10.8. The number of rotatable bonds is 4. The lowest BCUT2D eigenvalue weighted by Gasteiger charge is -2.03. The Hall–Kier alpha value is -0.840. The van der Waals surface area contributed by atoms with Crippen LogP contribution in [-0.4, -0.2) is 23.7 Å². The maximum absolute atomic E-state index is 11.3. The van der Waals surface area contributed by atoms with Crippen LogP contribution in [0, 0.1) is 0 Å². The topological polar surface area (TPSA) is 52.0 Å². The molecule has 0 bridgehead atoms. The molecule has 0 aromatic carbocycles. The van der Waals surface area contributed by atoms with Crippen LogP contribution in [-0.2, 0) is 15.6 Å². The first-order valence-corrected chi connectivity index (χ1v) is 6.49. The van der Waals surface area contributed by atoms with Gasteiger partial charge in [0.2, 0.25) is 0 Å². The third-order valence-corrected chi connectivity index (χ3v) is 3.67. The Morgan fingerprint density at radius 1 is 1.50 bits per heavy atom. The number of imidazole rings is 1. The lowest BCUT2D eigenvalue weighted by atomic mass is 10.4. The van der Waals surface area contributed by atoms with E-state index in [1.165, 1.54) is 0 Å². The van der Waals surface area contributed by atoms with Crippen LogP contribution in [0.3, 0.4) is 0 Å². The molecule has 1 aromatic heterocycles. The van der Waals surface area contributed by atoms with Gasteiger partial charge in [0.15, 0.2) is 9.84 Å². The maximum atomic E-state index is 11.3. The number of hydrogen-bond acceptors (Lipinski definition) is 3. The van der Waals surface area contributed by atoms with Crippen molar-refractivity contribution < 1.29 is 8.42 Å². The van der Waals surface area contributed by atoms with Crippen molar-refractivity contribution in [2.24, 2.45) is 0 Å². The van der Waals surface area contributed by atoms with E-state index in [2.05, 4.69) is 4.98 Å². The molecular weight excluding hydrogens is 200 g/mol. The molecule has 5 heteroatoms. The number of aromatic nitrogens is 2. The van der Waals surface area contributed by atoms with Crippen LogP contribution in [0.5, 0.6) is 0 Å². The summed E-state index contributed by atoms with van der Waals surface area (Å²) in [5, 5.41) is 0. The Kier molecular flexibility index (Phi) is 3.31. The van der Waals surface area contributed by atoms with E-state index < -0.39 is 9.84 Å². The van der Waals surface area contributed by atoms with Crippen molar-refractivity contribution in [3.63, 3.8) is 0 Å². The van der Waals surface area contributed by atoms with E-state index in [9.17, 15) is 8.42 Å². The number of sulfone groups is 1. The summed E-state index contributed by atoms with van der Waals surface area (Å²) in [6.45, 7) is 5.70. The van der Waals surface area contributed by atoms with E-state index in [0.717, 1.165) is 0 Å². The van der Waals surface area contributed by atoms with Gasteiger partial charge in [0, 0.05) is 18.0 Å². The van der Waals surface area contributed by atoms with Crippen LogP contribution < -0.4 is 0 Å². The highest BCUT2D eigenvalue weighted by molar-refractivity contribution is 7.90. The lowest BCUT2D eigenvalue weighted by Crippen LogP contribution is -2.06. The second-order valence-corrected chi connectivity index (χ2v) is 5.94. The molecule has 80 valence electrons. The van der Waals surface area contributed by atoms with Gasteiger partial charge in [-0.2, -0.15) is 0 Å². The molecule has 1 aromatic rings. The molecule has 1 heterocycles. The average molecular weight is 216 g/mol. The number of hydrogen-bond donors (Lipinski definition) is 0. The van der Waals surface area contributed by atoms with E-state index in [1.807, 2.05) is 18.4 Å². The summed E-state index contributed by atoms with van der Waals surface area (Å²) in [6, 6.07) is 0.320. The predicted molar refractivity (Wildman–Crippen MR) is 55.8 cm³/mol. The maximum Gasteiger partial charge on any atom is 0.155 e. The quantitative estimate of drug-likeness (QED) is 0.764. The standard InChI is InChI=1S/C9H16N2O2S/c1-4-14(12,13)6-9-5-11(7-10-9)8(2)3/h5,7-8H,4,6H2,1-3H3. The first kappa shape index (κ1) is 11.2. The molecule has 0 saturated heterocycles. The smallest absolute Gasteiger partial charge is 0.155 e. The second kappa shape index (κ2) is 4.13. The van der Waals surface area contributed by atoms with E-state index >= 15 is 0 Å². The fourth-order valence-corrected chi connectivity index (χ4v) is 1.87. The zero-order valence-corrected chi connectivity index (χ0v) is 9.58. The average Bonchev–Trinajstić information content (AvgIpc) is 2.52. The lowest BCUT2D eigenvalue weighted by molar-refractivity contribution is 0.593. The highest BCUT2D eigenvalue weighted by Crippen LogP contribution is 2.08. The minimum Gasteiger partial charge on any atom is -0.335 e. The van der Waals surface area contributed by atoms with E-state index in [-0.39, 0.29) is 11.5 Å². The van der Waals surface area contributed by atoms with Crippen molar-refractivity contribution in [1.82, 2.24) is 9.55 Å². The molecule has 1 rings (SSSR count). The van der Waals surface area contributed by atoms with Crippen molar-refractivity contribution in [1.29, 1.82) is 0 Å². The van der Waals surface area contributed by atoms with Gasteiger partial charge in [-0.05, 0) is 13.8 Å². The Labute approximate surface area is 84.9 Å². The molecule has 0 saturated carbocycles. The minimum atomic E-state index is -2.96. The summed E-state index contributed by atoms with van der Waals surface area (Å²) in [4.78, 5) is 4.05. The fraction of sp³-hybridized carbons (Fsp3) is 0.667. The highest BCUT2D eigenvalue weighted by Gasteiger charge is 2.11. The van der Waals surface area contributed by atoms with Gasteiger partial charge in [0.05, 0.1) is 17.8 Å². The van der Waals surface area contributed by atoms with Crippen LogP contribution in [0.2, 0.25) is 0 Å². The first-order valence-electron chi connectivity index (χ1n) is 4.67. The van der Waals surface area contributed by atoms with E-state index in [4.69, 9.17) is 0 Å². The largest absolute Gasteiger partial charge is 0.335 e. The monoisotopic (exact) mass is 216 g/mol. The molecule has 14 heavy (non-hydrogen) atoms. The van der Waals surface area contributed by atoms with Gasteiger partial charge in [-0.15, -0.1) is 0 Å². The molecule has 4 nitrogen and oxygen atoms in total. The van der Waals surface area contributed by atoms with Gasteiger partial charge >= 0.3 is 0 Å². The summed E-state index contributed by atoms with van der Waals surface area (Å²) in [5.74, 6) is 0.213. The molecule has 0 aliphatic carbocycles. The minimum absolute atomic E-state index is 0.0449. The van der Waals surface area contributed by atoms with Crippen LogP contribution in [0.15, 0.2) is 12.5 Å². The molecule has 0 aliphatic rings. The third kappa shape index (κ3) is 2.83. The van der Waals surface area contributed by atoms with Gasteiger partial charge in [-0.1, -0.05) is 6.92 Å². The Morgan fingerprint density at radius 2 is 2.14 bits per heavy atom. The van der Waals surface area contributed by atoms with Crippen LogP contribution >= 0.6 is 0 Å². The van der Waals surface area contributed by atoms with E-state index in [1.54, 1.807) is 19.4 Å². The molecule has 0 unspecified atom stereocenters. The summed E-state index contributed by atoms with van der Waals surface area (Å²) in [7, 11) is -2.96. The van der Waals surface area contributed by atoms with Gasteiger partial charge < -0.3 is 4.57 Å². The molecule has 0 spiro atoms.